The predicted octanol–water partition coefficient (Wildman–Crippen LogP) is 3.45. The van der Waals surface area contributed by atoms with Gasteiger partial charge in [-0.2, -0.15) is 12.6 Å². The fourth-order valence-electron chi connectivity index (χ4n) is 0.757. The smallest absolute Gasteiger partial charge is 0.0408 e. The van der Waals surface area contributed by atoms with Crippen molar-refractivity contribution in [2.45, 2.75) is 13.3 Å². The van der Waals surface area contributed by atoms with E-state index < -0.39 is 0 Å². The van der Waals surface area contributed by atoms with Crippen molar-refractivity contribution in [3.63, 3.8) is 0 Å². The van der Waals surface area contributed by atoms with E-state index in [-0.39, 0.29) is 0 Å². The Labute approximate surface area is 79.0 Å². The molecule has 1 aromatic rings. The minimum absolute atomic E-state index is 0.828. The van der Waals surface area contributed by atoms with Gasteiger partial charge in [0.1, 0.15) is 0 Å². The molecule has 0 aromatic heterocycles. The quantitative estimate of drug-likeness (QED) is 0.642. The summed E-state index contributed by atoms with van der Waals surface area (Å²) in [7, 11) is 0. The number of benzene rings is 1. The number of thiol groups is 1. The van der Waals surface area contributed by atoms with E-state index in [0.29, 0.717) is 0 Å². The van der Waals surface area contributed by atoms with E-state index >= 15 is 0 Å². The fourth-order valence-corrected chi connectivity index (χ4v) is 0.970. The van der Waals surface area contributed by atoms with E-state index in [2.05, 4.69) is 25.6 Å². The molecule has 0 aliphatic carbocycles. The standard InChI is InChI=1S/C8H9Cl.CH4S/c1-2-7-4-3-5-8(9)6-7;1-2/h3-6H,2H2,1H3;2H,1H3. The lowest BCUT2D eigenvalue weighted by molar-refractivity contribution is 1.14. The molecule has 0 heterocycles. The number of rotatable bonds is 1. The van der Waals surface area contributed by atoms with Gasteiger partial charge < -0.3 is 0 Å². The molecule has 0 amide bonds. The zero-order valence-corrected chi connectivity index (χ0v) is 8.49. The summed E-state index contributed by atoms with van der Waals surface area (Å²) >= 11 is 9.25. The highest BCUT2D eigenvalue weighted by molar-refractivity contribution is 7.79. The largest absolute Gasteiger partial charge is 0.183 e. The summed E-state index contributed by atoms with van der Waals surface area (Å²) in [6, 6.07) is 7.93. The molecule has 0 unspecified atom stereocenters. The highest BCUT2D eigenvalue weighted by Gasteiger charge is 1.87. The maximum Gasteiger partial charge on any atom is 0.0408 e. The van der Waals surface area contributed by atoms with Gasteiger partial charge in [0.25, 0.3) is 0 Å². The fraction of sp³-hybridized carbons (Fsp3) is 0.333. The molecule has 2 heteroatoms. The normalized spacial score (nSPS) is 8.36. The Balaban J connectivity index is 0.000000461. The Morgan fingerprint density at radius 3 is 2.36 bits per heavy atom. The summed E-state index contributed by atoms with van der Waals surface area (Å²) in [4.78, 5) is 0. The molecule has 11 heavy (non-hydrogen) atoms. The molecule has 0 fully saturated rings. The lowest BCUT2D eigenvalue weighted by atomic mass is 10.2. The SMILES string of the molecule is CCc1cccc(Cl)c1.CS. The molecule has 0 saturated heterocycles. The molecule has 0 spiro atoms. The molecule has 0 bridgehead atoms. The van der Waals surface area contributed by atoms with E-state index in [1.807, 2.05) is 18.2 Å². The predicted molar refractivity (Wildman–Crippen MR) is 55.7 cm³/mol. The first-order valence-electron chi connectivity index (χ1n) is 3.52. The van der Waals surface area contributed by atoms with Gasteiger partial charge >= 0.3 is 0 Å². The maximum atomic E-state index is 5.72. The monoisotopic (exact) mass is 188 g/mol. The van der Waals surface area contributed by atoms with Crippen LogP contribution < -0.4 is 0 Å². The Hall–Kier alpha value is -0.140. The summed E-state index contributed by atoms with van der Waals surface area (Å²) in [6.07, 6.45) is 2.75. The van der Waals surface area contributed by atoms with Crippen LogP contribution in [0.15, 0.2) is 24.3 Å². The first kappa shape index (κ1) is 10.9. The minimum Gasteiger partial charge on any atom is -0.183 e. The van der Waals surface area contributed by atoms with Crippen LogP contribution in [0, 0.1) is 0 Å². The summed E-state index contributed by atoms with van der Waals surface area (Å²) in [5, 5.41) is 0.828. The van der Waals surface area contributed by atoms with E-state index in [0.717, 1.165) is 11.4 Å². The lowest BCUT2D eigenvalue weighted by Gasteiger charge is -1.93. The molecule has 0 aliphatic heterocycles. The highest BCUT2D eigenvalue weighted by Crippen LogP contribution is 2.10. The first-order chi connectivity index (χ1) is 5.33. The van der Waals surface area contributed by atoms with Crippen LogP contribution >= 0.6 is 24.2 Å². The zero-order valence-electron chi connectivity index (χ0n) is 6.84. The van der Waals surface area contributed by atoms with Gasteiger partial charge in [-0.1, -0.05) is 30.7 Å². The molecular formula is C9H13ClS. The average molecular weight is 189 g/mol. The van der Waals surface area contributed by atoms with Crippen LogP contribution in [0.3, 0.4) is 0 Å². The number of aryl methyl sites for hydroxylation is 1. The van der Waals surface area contributed by atoms with E-state index in [1.54, 1.807) is 6.26 Å². The lowest BCUT2D eigenvalue weighted by Crippen LogP contribution is -1.76. The van der Waals surface area contributed by atoms with Gasteiger partial charge in [-0.15, -0.1) is 0 Å². The number of hydrogen-bond acceptors (Lipinski definition) is 1. The summed E-state index contributed by atoms with van der Waals surface area (Å²) < 4.78 is 0. The van der Waals surface area contributed by atoms with Gasteiger partial charge in [-0.3, -0.25) is 0 Å². The first-order valence-corrected chi connectivity index (χ1v) is 4.79. The van der Waals surface area contributed by atoms with E-state index in [9.17, 15) is 0 Å². The highest BCUT2D eigenvalue weighted by atomic mass is 35.5. The Morgan fingerprint density at radius 2 is 2.00 bits per heavy atom. The molecule has 0 aliphatic rings. The Bertz CT molecular complexity index is 199. The van der Waals surface area contributed by atoms with Crippen LogP contribution in [-0.4, -0.2) is 6.26 Å². The maximum absolute atomic E-state index is 5.72. The van der Waals surface area contributed by atoms with Crippen molar-refractivity contribution in [2.24, 2.45) is 0 Å². The van der Waals surface area contributed by atoms with Crippen LogP contribution in [0.2, 0.25) is 5.02 Å². The molecule has 0 radical (unpaired) electrons. The zero-order chi connectivity index (χ0) is 8.69. The third kappa shape index (κ3) is 4.33. The van der Waals surface area contributed by atoms with Crippen molar-refractivity contribution in [3.05, 3.63) is 34.9 Å². The Kier molecular flexibility index (Phi) is 6.48. The van der Waals surface area contributed by atoms with Crippen molar-refractivity contribution < 1.29 is 0 Å². The van der Waals surface area contributed by atoms with Gasteiger partial charge in [0.15, 0.2) is 0 Å². The topological polar surface area (TPSA) is 0 Å². The van der Waals surface area contributed by atoms with Gasteiger partial charge in [0, 0.05) is 5.02 Å². The Morgan fingerprint density at radius 1 is 1.36 bits per heavy atom. The average Bonchev–Trinajstić information content (AvgIpc) is 2.08. The summed E-state index contributed by atoms with van der Waals surface area (Å²) in [5.41, 5.74) is 1.29. The van der Waals surface area contributed by atoms with Crippen molar-refractivity contribution in [1.82, 2.24) is 0 Å². The summed E-state index contributed by atoms with van der Waals surface area (Å²) in [5.74, 6) is 0. The second-order valence-corrected chi connectivity index (χ2v) is 2.42. The molecule has 1 rings (SSSR count). The molecule has 1 aromatic carbocycles. The number of halogens is 1. The van der Waals surface area contributed by atoms with Gasteiger partial charge in [0.2, 0.25) is 0 Å². The van der Waals surface area contributed by atoms with E-state index in [1.165, 1.54) is 5.56 Å². The second kappa shape index (κ2) is 6.56. The van der Waals surface area contributed by atoms with Crippen LogP contribution in [0.5, 0.6) is 0 Å². The second-order valence-electron chi connectivity index (χ2n) is 1.98. The van der Waals surface area contributed by atoms with Crippen LogP contribution in [0.4, 0.5) is 0 Å². The van der Waals surface area contributed by atoms with Gasteiger partial charge in [0.05, 0.1) is 0 Å². The third-order valence-electron chi connectivity index (χ3n) is 1.30. The van der Waals surface area contributed by atoms with Crippen molar-refractivity contribution in [3.8, 4) is 0 Å². The molecule has 62 valence electrons. The minimum atomic E-state index is 0.828. The van der Waals surface area contributed by atoms with Gasteiger partial charge in [-0.05, 0) is 30.4 Å². The van der Waals surface area contributed by atoms with Crippen LogP contribution in [-0.2, 0) is 6.42 Å². The van der Waals surface area contributed by atoms with Crippen LogP contribution in [0.25, 0.3) is 0 Å². The summed E-state index contributed by atoms with van der Waals surface area (Å²) in [6.45, 7) is 2.12. The molecule has 0 saturated carbocycles. The third-order valence-corrected chi connectivity index (χ3v) is 1.53. The van der Waals surface area contributed by atoms with E-state index in [4.69, 9.17) is 11.6 Å². The molecular weight excluding hydrogens is 176 g/mol. The van der Waals surface area contributed by atoms with Crippen LogP contribution in [0.1, 0.15) is 12.5 Å². The van der Waals surface area contributed by atoms with Crippen molar-refractivity contribution >= 4 is 24.2 Å². The van der Waals surface area contributed by atoms with Crippen molar-refractivity contribution in [2.75, 3.05) is 6.26 Å². The van der Waals surface area contributed by atoms with Gasteiger partial charge in [-0.25, -0.2) is 0 Å². The molecule has 0 N–H and O–H groups in total. The number of hydrogen-bond donors (Lipinski definition) is 1. The molecule has 0 nitrogen and oxygen atoms in total. The molecule has 0 atom stereocenters. The van der Waals surface area contributed by atoms with Crippen molar-refractivity contribution in [1.29, 1.82) is 0 Å².